The van der Waals surface area contributed by atoms with E-state index < -0.39 is 5.97 Å². The van der Waals surface area contributed by atoms with Crippen LogP contribution < -0.4 is 0 Å². The number of hydrogen-bond acceptors (Lipinski definition) is 3. The summed E-state index contributed by atoms with van der Waals surface area (Å²) in [7, 11) is 0. The molecule has 0 aliphatic carbocycles. The highest BCUT2D eigenvalue weighted by atomic mass is 16.5. The molecule has 1 unspecified atom stereocenters. The lowest BCUT2D eigenvalue weighted by atomic mass is 10.0. The Morgan fingerprint density at radius 2 is 1.83 bits per heavy atom. The van der Waals surface area contributed by atoms with Gasteiger partial charge in [0, 0.05) is 19.6 Å². The second kappa shape index (κ2) is 7.40. The van der Waals surface area contributed by atoms with Crippen LogP contribution in [-0.4, -0.2) is 35.7 Å². The Bertz CT molecular complexity index is 639. The minimum absolute atomic E-state index is 0.0404. The highest BCUT2D eigenvalue weighted by Gasteiger charge is 2.19. The zero-order valence-corrected chi connectivity index (χ0v) is 13.0. The fourth-order valence-electron chi connectivity index (χ4n) is 2.92. The Hall–Kier alpha value is -2.17. The summed E-state index contributed by atoms with van der Waals surface area (Å²) in [6.45, 7) is 3.52. The number of aromatic carboxylic acids is 1. The summed E-state index contributed by atoms with van der Waals surface area (Å²) < 4.78 is 5.97. The Balaban J connectivity index is 1.60. The molecule has 1 aliphatic rings. The molecule has 4 nitrogen and oxygen atoms in total. The molecule has 1 aliphatic heterocycles. The normalized spacial score (nSPS) is 19.2. The van der Waals surface area contributed by atoms with E-state index in [0.717, 1.165) is 31.6 Å². The van der Waals surface area contributed by atoms with Gasteiger partial charge in [-0.1, -0.05) is 42.5 Å². The standard InChI is InChI=1S/C19H21NO3/c21-19(22)17-8-6-16(7-9-17)18-10-11-20(12-13-23-18)14-15-4-2-1-3-5-15/h1-9,18H,10-14H2,(H,21,22). The minimum Gasteiger partial charge on any atom is -0.478 e. The quantitative estimate of drug-likeness (QED) is 0.941. The minimum atomic E-state index is -0.896. The van der Waals surface area contributed by atoms with Crippen LogP contribution in [0.15, 0.2) is 54.6 Å². The van der Waals surface area contributed by atoms with Gasteiger partial charge in [0.2, 0.25) is 0 Å². The topological polar surface area (TPSA) is 49.8 Å². The van der Waals surface area contributed by atoms with Crippen LogP contribution in [0.4, 0.5) is 0 Å². The first-order chi connectivity index (χ1) is 11.2. The third-order valence-corrected chi connectivity index (χ3v) is 4.21. The van der Waals surface area contributed by atoms with Crippen LogP contribution >= 0.6 is 0 Å². The molecular formula is C19H21NO3. The van der Waals surface area contributed by atoms with Gasteiger partial charge >= 0.3 is 5.97 Å². The largest absolute Gasteiger partial charge is 0.478 e. The van der Waals surface area contributed by atoms with E-state index in [4.69, 9.17) is 9.84 Å². The molecule has 1 fully saturated rings. The maximum atomic E-state index is 10.9. The van der Waals surface area contributed by atoms with E-state index in [1.807, 2.05) is 18.2 Å². The number of hydrogen-bond donors (Lipinski definition) is 1. The van der Waals surface area contributed by atoms with Crippen LogP contribution in [0.25, 0.3) is 0 Å². The van der Waals surface area contributed by atoms with Crippen molar-refractivity contribution >= 4 is 5.97 Å². The van der Waals surface area contributed by atoms with E-state index in [-0.39, 0.29) is 6.10 Å². The fraction of sp³-hybridized carbons (Fsp3) is 0.316. The van der Waals surface area contributed by atoms with Crippen LogP contribution in [0.5, 0.6) is 0 Å². The van der Waals surface area contributed by atoms with Crippen LogP contribution in [0.3, 0.4) is 0 Å². The number of carboxylic acids is 1. The average molecular weight is 311 g/mol. The van der Waals surface area contributed by atoms with Crippen molar-refractivity contribution in [2.45, 2.75) is 19.1 Å². The van der Waals surface area contributed by atoms with Gasteiger partial charge in [0.05, 0.1) is 18.3 Å². The number of ether oxygens (including phenoxy) is 1. The van der Waals surface area contributed by atoms with Gasteiger partial charge < -0.3 is 9.84 Å². The Labute approximate surface area is 136 Å². The average Bonchev–Trinajstić information content (AvgIpc) is 2.81. The van der Waals surface area contributed by atoms with Gasteiger partial charge in [0.1, 0.15) is 0 Å². The highest BCUT2D eigenvalue weighted by Crippen LogP contribution is 2.24. The van der Waals surface area contributed by atoms with Crippen molar-refractivity contribution < 1.29 is 14.6 Å². The van der Waals surface area contributed by atoms with Gasteiger partial charge in [-0.05, 0) is 29.7 Å². The van der Waals surface area contributed by atoms with E-state index in [0.29, 0.717) is 12.2 Å². The molecule has 1 atom stereocenters. The summed E-state index contributed by atoms with van der Waals surface area (Å²) in [5.74, 6) is -0.896. The first-order valence-corrected chi connectivity index (χ1v) is 7.93. The first-order valence-electron chi connectivity index (χ1n) is 7.93. The first kappa shape index (κ1) is 15.7. The lowest BCUT2D eigenvalue weighted by Gasteiger charge is -2.19. The lowest BCUT2D eigenvalue weighted by molar-refractivity contribution is 0.0613. The number of carbonyl (C=O) groups is 1. The van der Waals surface area contributed by atoms with Crippen LogP contribution in [0, 0.1) is 0 Å². The van der Waals surface area contributed by atoms with Crippen LogP contribution in [0.1, 0.15) is 34.0 Å². The molecule has 120 valence electrons. The van der Waals surface area contributed by atoms with Crippen molar-refractivity contribution in [1.82, 2.24) is 4.90 Å². The third kappa shape index (κ3) is 4.18. The van der Waals surface area contributed by atoms with Crippen molar-refractivity contribution in [2.75, 3.05) is 19.7 Å². The summed E-state index contributed by atoms with van der Waals surface area (Å²) in [4.78, 5) is 13.3. The Kier molecular flexibility index (Phi) is 5.05. The summed E-state index contributed by atoms with van der Waals surface area (Å²) in [6.07, 6.45) is 0.956. The van der Waals surface area contributed by atoms with E-state index in [9.17, 15) is 4.79 Å². The van der Waals surface area contributed by atoms with Crippen molar-refractivity contribution in [3.8, 4) is 0 Å². The molecule has 0 spiro atoms. The van der Waals surface area contributed by atoms with Crippen molar-refractivity contribution in [1.29, 1.82) is 0 Å². The predicted molar refractivity (Wildman–Crippen MR) is 88.4 cm³/mol. The maximum absolute atomic E-state index is 10.9. The monoisotopic (exact) mass is 311 g/mol. The van der Waals surface area contributed by atoms with Gasteiger partial charge in [-0.25, -0.2) is 4.79 Å². The molecule has 3 rings (SSSR count). The Morgan fingerprint density at radius 1 is 1.09 bits per heavy atom. The number of nitrogens with zero attached hydrogens (tertiary/aromatic N) is 1. The van der Waals surface area contributed by atoms with E-state index in [1.54, 1.807) is 12.1 Å². The number of benzene rings is 2. The van der Waals surface area contributed by atoms with Crippen molar-refractivity contribution in [3.63, 3.8) is 0 Å². The van der Waals surface area contributed by atoms with Gasteiger partial charge in [0.25, 0.3) is 0 Å². The van der Waals surface area contributed by atoms with Crippen molar-refractivity contribution in [2.24, 2.45) is 0 Å². The maximum Gasteiger partial charge on any atom is 0.335 e. The summed E-state index contributed by atoms with van der Waals surface area (Å²) in [6, 6.07) is 17.5. The molecule has 0 bridgehead atoms. The second-order valence-electron chi connectivity index (χ2n) is 5.84. The zero-order chi connectivity index (χ0) is 16.1. The summed E-state index contributed by atoms with van der Waals surface area (Å²) >= 11 is 0. The molecule has 0 amide bonds. The van der Waals surface area contributed by atoms with Gasteiger partial charge in [-0.15, -0.1) is 0 Å². The van der Waals surface area contributed by atoms with Gasteiger partial charge in [0.15, 0.2) is 0 Å². The summed E-state index contributed by atoms with van der Waals surface area (Å²) in [5, 5.41) is 8.97. The summed E-state index contributed by atoms with van der Waals surface area (Å²) in [5.41, 5.74) is 2.68. The van der Waals surface area contributed by atoms with Gasteiger partial charge in [-0.3, -0.25) is 4.90 Å². The molecule has 1 heterocycles. The van der Waals surface area contributed by atoms with Crippen LogP contribution in [-0.2, 0) is 11.3 Å². The number of carboxylic acid groups (broad SMARTS) is 1. The molecule has 4 heteroatoms. The molecule has 0 radical (unpaired) electrons. The van der Waals surface area contributed by atoms with Crippen LogP contribution in [0.2, 0.25) is 0 Å². The molecule has 0 aromatic heterocycles. The van der Waals surface area contributed by atoms with Gasteiger partial charge in [-0.2, -0.15) is 0 Å². The lowest BCUT2D eigenvalue weighted by Crippen LogP contribution is -2.25. The smallest absolute Gasteiger partial charge is 0.335 e. The van der Waals surface area contributed by atoms with E-state index in [1.165, 1.54) is 5.56 Å². The molecule has 1 saturated heterocycles. The molecule has 2 aromatic rings. The predicted octanol–water partition coefficient (Wildman–Crippen LogP) is 3.35. The molecule has 1 N–H and O–H groups in total. The van der Waals surface area contributed by atoms with E-state index >= 15 is 0 Å². The van der Waals surface area contributed by atoms with Crippen molar-refractivity contribution in [3.05, 3.63) is 71.3 Å². The number of rotatable bonds is 4. The van der Waals surface area contributed by atoms with E-state index in [2.05, 4.69) is 29.2 Å². The molecule has 2 aromatic carbocycles. The third-order valence-electron chi connectivity index (χ3n) is 4.21. The fourth-order valence-corrected chi connectivity index (χ4v) is 2.92. The highest BCUT2D eigenvalue weighted by molar-refractivity contribution is 5.87. The molecule has 23 heavy (non-hydrogen) atoms. The molecular weight excluding hydrogens is 290 g/mol. The second-order valence-corrected chi connectivity index (χ2v) is 5.84. The Morgan fingerprint density at radius 3 is 2.52 bits per heavy atom. The SMILES string of the molecule is O=C(O)c1ccc(C2CCN(Cc3ccccc3)CCO2)cc1. The molecule has 0 saturated carbocycles. The zero-order valence-electron chi connectivity index (χ0n) is 13.0.